The summed E-state index contributed by atoms with van der Waals surface area (Å²) in [6, 6.07) is 1.73. The minimum absolute atomic E-state index is 0.428. The van der Waals surface area contributed by atoms with Gasteiger partial charge in [0.25, 0.3) is 0 Å². The minimum atomic E-state index is -3.31. The number of pyridine rings is 1. The molecule has 1 aliphatic carbocycles. The molecule has 1 heterocycles. The van der Waals surface area contributed by atoms with E-state index in [1.807, 2.05) is 6.08 Å². The SMILES string of the molecule is COc1ncc(NS(C)(=O)=O)cc1C=CC1CC(C)(C)C1. The monoisotopic (exact) mass is 310 g/mol. The van der Waals surface area contributed by atoms with Crippen molar-refractivity contribution in [2.75, 3.05) is 18.1 Å². The van der Waals surface area contributed by atoms with Crippen molar-refractivity contribution in [3.8, 4) is 5.88 Å². The number of nitrogens with one attached hydrogen (secondary N) is 1. The van der Waals surface area contributed by atoms with Crippen LogP contribution in [0, 0.1) is 11.3 Å². The molecule has 1 fully saturated rings. The van der Waals surface area contributed by atoms with Gasteiger partial charge in [-0.05, 0) is 30.2 Å². The Morgan fingerprint density at radius 3 is 2.62 bits per heavy atom. The van der Waals surface area contributed by atoms with Crippen molar-refractivity contribution in [2.45, 2.75) is 26.7 Å². The van der Waals surface area contributed by atoms with Gasteiger partial charge >= 0.3 is 0 Å². The maximum absolute atomic E-state index is 11.3. The number of allylic oxidation sites excluding steroid dienone is 1. The van der Waals surface area contributed by atoms with Gasteiger partial charge in [-0.2, -0.15) is 0 Å². The van der Waals surface area contributed by atoms with Crippen LogP contribution in [0.4, 0.5) is 5.69 Å². The third-order valence-electron chi connectivity index (χ3n) is 3.55. The highest BCUT2D eigenvalue weighted by molar-refractivity contribution is 7.92. The predicted molar refractivity (Wildman–Crippen MR) is 84.8 cm³/mol. The van der Waals surface area contributed by atoms with Crippen molar-refractivity contribution >= 4 is 21.8 Å². The summed E-state index contributed by atoms with van der Waals surface area (Å²) in [5.41, 5.74) is 1.64. The van der Waals surface area contributed by atoms with Gasteiger partial charge in [0.05, 0.1) is 25.2 Å². The summed E-state index contributed by atoms with van der Waals surface area (Å²) in [7, 11) is -1.76. The van der Waals surface area contributed by atoms with Crippen LogP contribution < -0.4 is 9.46 Å². The van der Waals surface area contributed by atoms with E-state index >= 15 is 0 Å². The molecule has 0 bridgehead atoms. The van der Waals surface area contributed by atoms with E-state index in [0.29, 0.717) is 22.9 Å². The van der Waals surface area contributed by atoms with E-state index in [4.69, 9.17) is 4.74 Å². The van der Waals surface area contributed by atoms with Gasteiger partial charge < -0.3 is 4.74 Å². The zero-order valence-corrected chi connectivity index (χ0v) is 13.7. The third-order valence-corrected chi connectivity index (χ3v) is 4.16. The summed E-state index contributed by atoms with van der Waals surface area (Å²) >= 11 is 0. The van der Waals surface area contributed by atoms with Crippen LogP contribution in [0.25, 0.3) is 6.08 Å². The van der Waals surface area contributed by atoms with E-state index in [9.17, 15) is 8.42 Å². The Morgan fingerprint density at radius 1 is 1.43 bits per heavy atom. The summed E-state index contributed by atoms with van der Waals surface area (Å²) in [6.45, 7) is 4.52. The van der Waals surface area contributed by atoms with Crippen LogP contribution in [0.5, 0.6) is 5.88 Å². The minimum Gasteiger partial charge on any atom is -0.481 e. The first kappa shape index (κ1) is 15.8. The fourth-order valence-electron chi connectivity index (χ4n) is 2.76. The molecule has 0 amide bonds. The van der Waals surface area contributed by atoms with Crippen molar-refractivity contribution in [3.63, 3.8) is 0 Å². The molecule has 2 rings (SSSR count). The molecule has 0 aliphatic heterocycles. The Balaban J connectivity index is 2.16. The van der Waals surface area contributed by atoms with Gasteiger partial charge in [0, 0.05) is 5.56 Å². The second-order valence-corrected chi connectivity index (χ2v) is 8.14. The van der Waals surface area contributed by atoms with Gasteiger partial charge in [-0.1, -0.05) is 26.0 Å². The Bertz CT molecular complexity index is 643. The molecule has 0 radical (unpaired) electrons. The molecule has 5 nitrogen and oxygen atoms in total. The largest absolute Gasteiger partial charge is 0.481 e. The maximum Gasteiger partial charge on any atom is 0.229 e. The fraction of sp³-hybridized carbons (Fsp3) is 0.533. The Labute approximate surface area is 126 Å². The van der Waals surface area contributed by atoms with E-state index in [1.165, 1.54) is 19.0 Å². The molecular formula is C15H22N2O3S. The number of sulfonamides is 1. The number of hydrogen-bond acceptors (Lipinski definition) is 4. The Hall–Kier alpha value is -1.56. The summed E-state index contributed by atoms with van der Waals surface area (Å²) in [5, 5.41) is 0. The number of ether oxygens (including phenoxy) is 1. The van der Waals surface area contributed by atoms with Crippen LogP contribution in [0.1, 0.15) is 32.3 Å². The average molecular weight is 310 g/mol. The van der Waals surface area contributed by atoms with Crippen molar-refractivity contribution in [1.82, 2.24) is 4.98 Å². The standard InChI is InChI=1S/C15H22N2O3S/c1-15(2)8-11(9-15)5-6-12-7-13(17-21(4,18)19)10-16-14(12)20-3/h5-7,10-11,17H,8-9H2,1-4H3. The van der Waals surface area contributed by atoms with E-state index in [-0.39, 0.29) is 0 Å². The lowest BCUT2D eigenvalue weighted by Crippen LogP contribution is -2.29. The number of nitrogens with zero attached hydrogens (tertiary/aromatic N) is 1. The number of rotatable bonds is 5. The first-order valence-electron chi connectivity index (χ1n) is 6.88. The quantitative estimate of drug-likeness (QED) is 0.908. The van der Waals surface area contributed by atoms with E-state index in [0.717, 1.165) is 11.8 Å². The Kier molecular flexibility index (Phi) is 4.27. The van der Waals surface area contributed by atoms with Gasteiger partial charge in [-0.25, -0.2) is 13.4 Å². The molecule has 6 heteroatoms. The van der Waals surface area contributed by atoms with Gasteiger partial charge in [-0.15, -0.1) is 0 Å². The predicted octanol–water partition coefficient (Wildman–Crippen LogP) is 2.91. The lowest BCUT2D eigenvalue weighted by molar-refractivity contribution is 0.132. The molecule has 21 heavy (non-hydrogen) atoms. The second kappa shape index (κ2) is 5.67. The first-order valence-corrected chi connectivity index (χ1v) is 8.78. The van der Waals surface area contributed by atoms with Crippen molar-refractivity contribution in [1.29, 1.82) is 0 Å². The first-order chi connectivity index (χ1) is 9.68. The topological polar surface area (TPSA) is 68.3 Å². The van der Waals surface area contributed by atoms with Crippen LogP contribution in [0.3, 0.4) is 0 Å². The average Bonchev–Trinajstić information content (AvgIpc) is 2.32. The summed E-state index contributed by atoms with van der Waals surface area (Å²) in [4.78, 5) is 4.13. The van der Waals surface area contributed by atoms with Gasteiger partial charge in [0.2, 0.25) is 15.9 Å². The maximum atomic E-state index is 11.3. The van der Waals surface area contributed by atoms with Crippen molar-refractivity contribution in [2.24, 2.45) is 11.3 Å². The molecule has 0 atom stereocenters. The van der Waals surface area contributed by atoms with Crippen molar-refractivity contribution < 1.29 is 13.2 Å². The number of methoxy groups -OCH3 is 1. The van der Waals surface area contributed by atoms with Crippen LogP contribution >= 0.6 is 0 Å². The highest BCUT2D eigenvalue weighted by Gasteiger charge is 2.34. The highest BCUT2D eigenvalue weighted by atomic mass is 32.2. The molecule has 1 saturated carbocycles. The highest BCUT2D eigenvalue weighted by Crippen LogP contribution is 2.45. The molecular weight excluding hydrogens is 288 g/mol. The summed E-state index contributed by atoms with van der Waals surface area (Å²) < 4.78 is 30.2. The molecule has 1 aromatic rings. The second-order valence-electron chi connectivity index (χ2n) is 6.39. The number of aromatic nitrogens is 1. The van der Waals surface area contributed by atoms with Crippen LogP contribution in [0.2, 0.25) is 0 Å². The number of anilines is 1. The molecule has 1 aromatic heterocycles. The molecule has 0 saturated heterocycles. The lowest BCUT2D eigenvalue weighted by Gasteiger charge is -2.41. The van der Waals surface area contributed by atoms with Gasteiger partial charge in [-0.3, -0.25) is 4.72 Å². The molecule has 1 N–H and O–H groups in total. The zero-order chi connectivity index (χ0) is 15.7. The summed E-state index contributed by atoms with van der Waals surface area (Å²) in [6.07, 6.45) is 9.00. The molecule has 116 valence electrons. The molecule has 0 spiro atoms. The van der Waals surface area contributed by atoms with Crippen LogP contribution in [-0.2, 0) is 10.0 Å². The smallest absolute Gasteiger partial charge is 0.229 e. The van der Waals surface area contributed by atoms with Crippen LogP contribution in [0.15, 0.2) is 18.3 Å². The van der Waals surface area contributed by atoms with E-state index in [1.54, 1.807) is 13.2 Å². The molecule has 0 unspecified atom stereocenters. The lowest BCUT2D eigenvalue weighted by atomic mass is 9.64. The van der Waals surface area contributed by atoms with Crippen LogP contribution in [-0.4, -0.2) is 26.8 Å². The zero-order valence-electron chi connectivity index (χ0n) is 12.9. The molecule has 1 aliphatic rings. The van der Waals surface area contributed by atoms with E-state index in [2.05, 4.69) is 29.6 Å². The van der Waals surface area contributed by atoms with Gasteiger partial charge in [0.1, 0.15) is 0 Å². The van der Waals surface area contributed by atoms with Gasteiger partial charge in [0.15, 0.2) is 0 Å². The number of hydrogen-bond donors (Lipinski definition) is 1. The Morgan fingerprint density at radius 2 is 2.10 bits per heavy atom. The molecule has 0 aromatic carbocycles. The van der Waals surface area contributed by atoms with Crippen molar-refractivity contribution in [3.05, 3.63) is 23.9 Å². The normalized spacial score (nSPS) is 18.5. The third kappa shape index (κ3) is 4.46. The van der Waals surface area contributed by atoms with E-state index < -0.39 is 10.0 Å². The summed E-state index contributed by atoms with van der Waals surface area (Å²) in [5.74, 6) is 1.06. The fourth-order valence-corrected chi connectivity index (χ4v) is 3.30.